The third-order valence-electron chi connectivity index (χ3n) is 2.27. The van der Waals surface area contributed by atoms with E-state index in [1.807, 2.05) is 0 Å². The fourth-order valence-corrected chi connectivity index (χ4v) is 1.27. The molecule has 0 saturated carbocycles. The lowest BCUT2D eigenvalue weighted by molar-refractivity contribution is -0.120. The molecule has 0 aliphatic carbocycles. The summed E-state index contributed by atoms with van der Waals surface area (Å²) in [6.45, 7) is 0. The summed E-state index contributed by atoms with van der Waals surface area (Å²) in [5.74, 6) is 0.552. The molecule has 0 unspecified atom stereocenters. The van der Waals surface area contributed by atoms with Crippen LogP contribution in [0.2, 0.25) is 0 Å². The van der Waals surface area contributed by atoms with Crippen molar-refractivity contribution in [2.75, 3.05) is 14.2 Å². The number of ether oxygens (including phenoxy) is 1. The standard InChI is InChI=1S/C12H15NO3/c1-13-12(15)8-7-11(14)9-3-5-10(16-2)6-4-9/h3-6H,7-8H2,1-2H3,(H,13,15). The van der Waals surface area contributed by atoms with Gasteiger partial charge in [-0.25, -0.2) is 0 Å². The highest BCUT2D eigenvalue weighted by Gasteiger charge is 2.08. The van der Waals surface area contributed by atoms with Gasteiger partial charge in [0, 0.05) is 25.5 Å². The van der Waals surface area contributed by atoms with Crippen molar-refractivity contribution < 1.29 is 14.3 Å². The van der Waals surface area contributed by atoms with Crippen molar-refractivity contribution in [2.45, 2.75) is 12.8 Å². The Balaban J connectivity index is 2.56. The van der Waals surface area contributed by atoms with Crippen LogP contribution in [0.15, 0.2) is 24.3 Å². The van der Waals surface area contributed by atoms with E-state index >= 15 is 0 Å². The topological polar surface area (TPSA) is 55.4 Å². The van der Waals surface area contributed by atoms with Crippen LogP contribution in [0.1, 0.15) is 23.2 Å². The number of amides is 1. The van der Waals surface area contributed by atoms with Crippen LogP contribution in [0.5, 0.6) is 5.75 Å². The average Bonchev–Trinajstić information content (AvgIpc) is 2.35. The van der Waals surface area contributed by atoms with E-state index < -0.39 is 0 Å². The Bertz CT molecular complexity index is 370. The Morgan fingerprint density at radius 1 is 1.19 bits per heavy atom. The maximum absolute atomic E-state index is 11.6. The molecule has 0 fully saturated rings. The summed E-state index contributed by atoms with van der Waals surface area (Å²) in [6, 6.07) is 6.86. The van der Waals surface area contributed by atoms with Crippen molar-refractivity contribution in [3.63, 3.8) is 0 Å². The number of Topliss-reactive ketones (excluding diaryl/α,β-unsaturated/α-hetero) is 1. The van der Waals surface area contributed by atoms with Gasteiger partial charge in [-0.05, 0) is 24.3 Å². The van der Waals surface area contributed by atoms with Gasteiger partial charge in [-0.2, -0.15) is 0 Å². The summed E-state index contributed by atoms with van der Waals surface area (Å²) in [6.07, 6.45) is 0.452. The summed E-state index contributed by atoms with van der Waals surface area (Å²) >= 11 is 0. The normalized spacial score (nSPS) is 9.62. The number of benzene rings is 1. The molecule has 0 aromatic heterocycles. The first-order valence-electron chi connectivity index (χ1n) is 5.05. The van der Waals surface area contributed by atoms with Crippen molar-refractivity contribution in [3.05, 3.63) is 29.8 Å². The van der Waals surface area contributed by atoms with Gasteiger partial charge in [0.1, 0.15) is 5.75 Å². The first-order chi connectivity index (χ1) is 7.67. The Labute approximate surface area is 94.6 Å². The quantitative estimate of drug-likeness (QED) is 0.765. The molecule has 0 spiro atoms. The van der Waals surface area contributed by atoms with E-state index in [1.54, 1.807) is 38.4 Å². The molecule has 0 aliphatic heterocycles. The molecule has 4 heteroatoms. The maximum atomic E-state index is 11.6. The molecule has 1 N–H and O–H groups in total. The van der Waals surface area contributed by atoms with E-state index in [-0.39, 0.29) is 24.5 Å². The Morgan fingerprint density at radius 2 is 1.81 bits per heavy atom. The molecular weight excluding hydrogens is 206 g/mol. The average molecular weight is 221 g/mol. The van der Waals surface area contributed by atoms with Crippen LogP contribution in [0.4, 0.5) is 0 Å². The van der Waals surface area contributed by atoms with Crippen molar-refractivity contribution >= 4 is 11.7 Å². The number of nitrogens with one attached hydrogen (secondary N) is 1. The van der Waals surface area contributed by atoms with E-state index in [9.17, 15) is 9.59 Å². The smallest absolute Gasteiger partial charge is 0.220 e. The van der Waals surface area contributed by atoms with Crippen LogP contribution in [0.25, 0.3) is 0 Å². The van der Waals surface area contributed by atoms with Crippen molar-refractivity contribution in [1.29, 1.82) is 0 Å². The van der Waals surface area contributed by atoms with Crippen molar-refractivity contribution in [3.8, 4) is 5.75 Å². The van der Waals surface area contributed by atoms with Gasteiger partial charge in [-0.1, -0.05) is 0 Å². The van der Waals surface area contributed by atoms with E-state index in [0.717, 1.165) is 0 Å². The molecule has 1 amide bonds. The first kappa shape index (κ1) is 12.2. The molecule has 16 heavy (non-hydrogen) atoms. The van der Waals surface area contributed by atoms with E-state index in [0.29, 0.717) is 11.3 Å². The second kappa shape index (κ2) is 5.90. The zero-order valence-electron chi connectivity index (χ0n) is 9.45. The molecule has 0 radical (unpaired) electrons. The number of carbonyl (C=O) groups is 2. The van der Waals surface area contributed by atoms with Crippen LogP contribution < -0.4 is 10.1 Å². The number of methoxy groups -OCH3 is 1. The van der Waals surface area contributed by atoms with E-state index in [2.05, 4.69) is 5.32 Å². The molecule has 1 aromatic rings. The fourth-order valence-electron chi connectivity index (χ4n) is 1.27. The SMILES string of the molecule is CNC(=O)CCC(=O)c1ccc(OC)cc1. The van der Waals surface area contributed by atoms with Gasteiger partial charge in [0.2, 0.25) is 5.91 Å². The summed E-state index contributed by atoms with van der Waals surface area (Å²) < 4.78 is 4.99. The van der Waals surface area contributed by atoms with Gasteiger partial charge in [0.05, 0.1) is 7.11 Å². The third-order valence-corrected chi connectivity index (χ3v) is 2.27. The van der Waals surface area contributed by atoms with Crippen LogP contribution >= 0.6 is 0 Å². The summed E-state index contributed by atoms with van der Waals surface area (Å²) in [5, 5.41) is 2.48. The van der Waals surface area contributed by atoms with Crippen molar-refractivity contribution in [2.24, 2.45) is 0 Å². The molecule has 1 aromatic carbocycles. The number of hydrogen-bond donors (Lipinski definition) is 1. The van der Waals surface area contributed by atoms with Gasteiger partial charge in [0.15, 0.2) is 5.78 Å². The minimum Gasteiger partial charge on any atom is -0.497 e. The first-order valence-corrected chi connectivity index (χ1v) is 5.05. The summed E-state index contributed by atoms with van der Waals surface area (Å²) in [4.78, 5) is 22.6. The zero-order valence-corrected chi connectivity index (χ0v) is 9.45. The second-order valence-electron chi connectivity index (χ2n) is 3.32. The highest BCUT2D eigenvalue weighted by atomic mass is 16.5. The summed E-state index contributed by atoms with van der Waals surface area (Å²) in [7, 11) is 3.13. The molecular formula is C12H15NO3. The molecule has 0 atom stereocenters. The monoisotopic (exact) mass is 221 g/mol. The van der Waals surface area contributed by atoms with Crippen LogP contribution in [0.3, 0.4) is 0 Å². The Morgan fingerprint density at radius 3 is 2.31 bits per heavy atom. The third kappa shape index (κ3) is 3.38. The largest absolute Gasteiger partial charge is 0.497 e. The molecule has 0 heterocycles. The Hall–Kier alpha value is -1.84. The minimum atomic E-state index is -0.123. The predicted molar refractivity (Wildman–Crippen MR) is 60.6 cm³/mol. The van der Waals surface area contributed by atoms with Gasteiger partial charge < -0.3 is 10.1 Å². The van der Waals surface area contributed by atoms with Crippen LogP contribution in [-0.2, 0) is 4.79 Å². The van der Waals surface area contributed by atoms with Crippen molar-refractivity contribution in [1.82, 2.24) is 5.32 Å². The lowest BCUT2D eigenvalue weighted by Crippen LogP contribution is -2.18. The summed E-state index contributed by atoms with van der Waals surface area (Å²) in [5.41, 5.74) is 0.602. The van der Waals surface area contributed by atoms with Gasteiger partial charge in [-0.15, -0.1) is 0 Å². The highest BCUT2D eigenvalue weighted by Crippen LogP contribution is 2.13. The predicted octanol–water partition coefficient (Wildman–Crippen LogP) is 1.40. The van der Waals surface area contributed by atoms with Crippen LogP contribution in [-0.4, -0.2) is 25.8 Å². The van der Waals surface area contributed by atoms with Gasteiger partial charge in [0.25, 0.3) is 0 Å². The number of rotatable bonds is 5. The molecule has 0 aliphatic rings. The number of hydrogen-bond acceptors (Lipinski definition) is 3. The lowest BCUT2D eigenvalue weighted by atomic mass is 10.1. The number of carbonyl (C=O) groups excluding carboxylic acids is 2. The minimum absolute atomic E-state index is 0.0359. The molecule has 0 saturated heterocycles. The van der Waals surface area contributed by atoms with Gasteiger partial charge >= 0.3 is 0 Å². The highest BCUT2D eigenvalue weighted by molar-refractivity contribution is 5.98. The maximum Gasteiger partial charge on any atom is 0.220 e. The lowest BCUT2D eigenvalue weighted by Gasteiger charge is -2.02. The van der Waals surface area contributed by atoms with E-state index in [1.165, 1.54) is 0 Å². The van der Waals surface area contributed by atoms with E-state index in [4.69, 9.17) is 4.74 Å². The van der Waals surface area contributed by atoms with Crippen LogP contribution in [0, 0.1) is 0 Å². The number of ketones is 1. The molecule has 1 rings (SSSR count). The molecule has 0 bridgehead atoms. The molecule has 4 nitrogen and oxygen atoms in total. The Kier molecular flexibility index (Phi) is 4.51. The molecule has 86 valence electrons. The zero-order chi connectivity index (χ0) is 12.0. The van der Waals surface area contributed by atoms with Gasteiger partial charge in [-0.3, -0.25) is 9.59 Å². The fraction of sp³-hybridized carbons (Fsp3) is 0.333. The second-order valence-corrected chi connectivity index (χ2v) is 3.32.